The molecule has 0 aliphatic heterocycles. The van der Waals surface area contributed by atoms with Crippen LogP contribution in [0.1, 0.15) is 23.3 Å². The first kappa shape index (κ1) is 13.7. The van der Waals surface area contributed by atoms with Crippen LogP contribution in [-0.4, -0.2) is 23.4 Å². The van der Waals surface area contributed by atoms with Crippen LogP contribution in [0.3, 0.4) is 0 Å². The molecule has 0 aromatic heterocycles. The predicted octanol–water partition coefficient (Wildman–Crippen LogP) is 2.04. The smallest absolute Gasteiger partial charge is 0.0984 e. The third-order valence-electron chi connectivity index (χ3n) is 3.09. The Kier molecular flexibility index (Phi) is 5.10. The van der Waals surface area contributed by atoms with E-state index < -0.39 is 6.10 Å². The third-order valence-corrected chi connectivity index (χ3v) is 3.09. The average molecular weight is 257 g/mol. The Morgan fingerprint density at radius 3 is 1.89 bits per heavy atom. The van der Waals surface area contributed by atoms with Gasteiger partial charge in [0.1, 0.15) is 0 Å². The van der Waals surface area contributed by atoms with Crippen LogP contribution in [0.15, 0.2) is 60.7 Å². The maximum Gasteiger partial charge on any atom is 0.0984 e. The van der Waals surface area contributed by atoms with Crippen molar-refractivity contribution in [1.29, 1.82) is 0 Å². The Bertz CT molecular complexity index is 473. The number of aliphatic hydroxyl groups excluding tert-OH is 2. The van der Waals surface area contributed by atoms with Gasteiger partial charge in [0.15, 0.2) is 0 Å². The largest absolute Gasteiger partial charge is 0.395 e. The standard InChI is InChI=1S/C16H19NO2/c18-12-11-17-15(13-7-3-1-4-8-13)16(19)14-9-5-2-6-10-14/h1-10,15-19H,11-12H2/t15-,16+/m0/s1. The Morgan fingerprint density at radius 2 is 1.37 bits per heavy atom. The van der Waals surface area contributed by atoms with Gasteiger partial charge >= 0.3 is 0 Å². The molecule has 0 saturated carbocycles. The third kappa shape index (κ3) is 3.64. The van der Waals surface area contributed by atoms with Gasteiger partial charge in [0, 0.05) is 6.54 Å². The Labute approximate surface area is 113 Å². The van der Waals surface area contributed by atoms with Crippen molar-refractivity contribution in [2.75, 3.05) is 13.2 Å². The minimum atomic E-state index is -0.643. The topological polar surface area (TPSA) is 52.5 Å². The molecule has 3 heteroatoms. The highest BCUT2D eigenvalue weighted by Gasteiger charge is 2.21. The molecule has 100 valence electrons. The minimum absolute atomic E-state index is 0.0465. The lowest BCUT2D eigenvalue weighted by molar-refractivity contribution is 0.124. The fourth-order valence-electron chi connectivity index (χ4n) is 2.13. The maximum atomic E-state index is 10.5. The van der Waals surface area contributed by atoms with Gasteiger partial charge in [-0.25, -0.2) is 0 Å². The first-order chi connectivity index (χ1) is 9.33. The minimum Gasteiger partial charge on any atom is -0.395 e. The molecule has 0 spiro atoms. The maximum absolute atomic E-state index is 10.5. The molecule has 0 unspecified atom stereocenters. The highest BCUT2D eigenvalue weighted by atomic mass is 16.3. The zero-order valence-corrected chi connectivity index (χ0v) is 10.7. The summed E-state index contributed by atoms with van der Waals surface area (Å²) in [6.45, 7) is 0.494. The van der Waals surface area contributed by atoms with E-state index in [0.717, 1.165) is 11.1 Å². The van der Waals surface area contributed by atoms with E-state index in [9.17, 15) is 5.11 Å². The molecule has 0 bridgehead atoms. The fraction of sp³-hybridized carbons (Fsp3) is 0.250. The zero-order valence-electron chi connectivity index (χ0n) is 10.7. The van der Waals surface area contributed by atoms with Crippen molar-refractivity contribution in [2.45, 2.75) is 12.1 Å². The molecule has 0 amide bonds. The summed E-state index contributed by atoms with van der Waals surface area (Å²) < 4.78 is 0. The molecule has 0 saturated heterocycles. The second-order valence-electron chi connectivity index (χ2n) is 4.42. The van der Waals surface area contributed by atoms with Crippen LogP contribution < -0.4 is 5.32 Å². The van der Waals surface area contributed by atoms with E-state index in [4.69, 9.17) is 5.11 Å². The molecule has 2 aromatic rings. The normalized spacial score (nSPS) is 14.0. The Hall–Kier alpha value is -1.68. The lowest BCUT2D eigenvalue weighted by Gasteiger charge is -2.25. The molecular formula is C16H19NO2. The van der Waals surface area contributed by atoms with Crippen molar-refractivity contribution in [3.63, 3.8) is 0 Å². The number of hydrogen-bond donors (Lipinski definition) is 3. The number of rotatable bonds is 6. The van der Waals surface area contributed by atoms with Crippen LogP contribution >= 0.6 is 0 Å². The van der Waals surface area contributed by atoms with Crippen molar-refractivity contribution in [2.24, 2.45) is 0 Å². The second-order valence-corrected chi connectivity index (χ2v) is 4.42. The van der Waals surface area contributed by atoms with Gasteiger partial charge in [0.25, 0.3) is 0 Å². The van der Waals surface area contributed by atoms with E-state index in [-0.39, 0.29) is 12.6 Å². The molecule has 0 aliphatic carbocycles. The fourth-order valence-corrected chi connectivity index (χ4v) is 2.13. The first-order valence-corrected chi connectivity index (χ1v) is 6.45. The van der Waals surface area contributed by atoms with Gasteiger partial charge in [-0.2, -0.15) is 0 Å². The van der Waals surface area contributed by atoms with E-state index in [0.29, 0.717) is 6.54 Å². The quantitative estimate of drug-likeness (QED) is 0.742. The SMILES string of the molecule is OCCN[C@@H](c1ccccc1)[C@H](O)c1ccccc1. The predicted molar refractivity (Wildman–Crippen MR) is 75.7 cm³/mol. The molecular weight excluding hydrogens is 238 g/mol. The summed E-state index contributed by atoms with van der Waals surface area (Å²) in [5.41, 5.74) is 1.87. The van der Waals surface area contributed by atoms with Crippen molar-refractivity contribution >= 4 is 0 Å². The van der Waals surface area contributed by atoms with Gasteiger partial charge in [-0.1, -0.05) is 60.7 Å². The highest BCUT2D eigenvalue weighted by Crippen LogP contribution is 2.28. The molecule has 2 atom stereocenters. The molecule has 19 heavy (non-hydrogen) atoms. The Morgan fingerprint density at radius 1 is 0.842 bits per heavy atom. The van der Waals surface area contributed by atoms with Crippen molar-refractivity contribution in [3.05, 3.63) is 71.8 Å². The van der Waals surface area contributed by atoms with E-state index >= 15 is 0 Å². The van der Waals surface area contributed by atoms with Crippen LogP contribution in [-0.2, 0) is 0 Å². The van der Waals surface area contributed by atoms with Gasteiger partial charge in [0.05, 0.1) is 18.8 Å². The molecule has 0 radical (unpaired) electrons. The number of benzene rings is 2. The molecule has 0 aliphatic rings. The molecule has 3 N–H and O–H groups in total. The van der Waals surface area contributed by atoms with Gasteiger partial charge in [-0.05, 0) is 11.1 Å². The van der Waals surface area contributed by atoms with Crippen LogP contribution in [0.4, 0.5) is 0 Å². The lowest BCUT2D eigenvalue weighted by atomic mass is 9.96. The Balaban J connectivity index is 2.22. The van der Waals surface area contributed by atoms with Crippen molar-refractivity contribution < 1.29 is 10.2 Å². The van der Waals surface area contributed by atoms with Crippen LogP contribution in [0.2, 0.25) is 0 Å². The molecule has 0 heterocycles. The number of nitrogens with one attached hydrogen (secondary N) is 1. The van der Waals surface area contributed by atoms with E-state index in [1.165, 1.54) is 0 Å². The number of aliphatic hydroxyl groups is 2. The highest BCUT2D eigenvalue weighted by molar-refractivity contribution is 5.26. The summed E-state index contributed by atoms with van der Waals surface area (Å²) in [5.74, 6) is 0. The van der Waals surface area contributed by atoms with Gasteiger partial charge in [-0.3, -0.25) is 0 Å². The van der Waals surface area contributed by atoms with E-state index in [2.05, 4.69) is 5.32 Å². The van der Waals surface area contributed by atoms with Crippen LogP contribution in [0, 0.1) is 0 Å². The molecule has 2 rings (SSSR count). The van der Waals surface area contributed by atoms with Gasteiger partial charge in [0.2, 0.25) is 0 Å². The average Bonchev–Trinajstić information content (AvgIpc) is 2.49. The van der Waals surface area contributed by atoms with Crippen LogP contribution in [0.5, 0.6) is 0 Å². The van der Waals surface area contributed by atoms with Crippen LogP contribution in [0.25, 0.3) is 0 Å². The lowest BCUT2D eigenvalue weighted by Crippen LogP contribution is -2.29. The van der Waals surface area contributed by atoms with E-state index in [1.807, 2.05) is 60.7 Å². The molecule has 0 fully saturated rings. The number of hydrogen-bond acceptors (Lipinski definition) is 3. The summed E-state index contributed by atoms with van der Waals surface area (Å²) in [4.78, 5) is 0. The van der Waals surface area contributed by atoms with Crippen molar-refractivity contribution in [1.82, 2.24) is 5.32 Å². The zero-order chi connectivity index (χ0) is 13.5. The first-order valence-electron chi connectivity index (χ1n) is 6.45. The van der Waals surface area contributed by atoms with Gasteiger partial charge in [-0.15, -0.1) is 0 Å². The summed E-state index contributed by atoms with van der Waals surface area (Å²) in [6.07, 6.45) is -0.643. The summed E-state index contributed by atoms with van der Waals surface area (Å²) in [7, 11) is 0. The second kappa shape index (κ2) is 7.04. The van der Waals surface area contributed by atoms with Crippen molar-refractivity contribution in [3.8, 4) is 0 Å². The summed E-state index contributed by atoms with van der Waals surface area (Å²) >= 11 is 0. The molecule has 2 aromatic carbocycles. The summed E-state index contributed by atoms with van der Waals surface area (Å²) in [5, 5.41) is 22.7. The summed E-state index contributed by atoms with van der Waals surface area (Å²) in [6, 6.07) is 19.1. The molecule has 3 nitrogen and oxygen atoms in total. The van der Waals surface area contributed by atoms with Gasteiger partial charge < -0.3 is 15.5 Å². The van der Waals surface area contributed by atoms with E-state index in [1.54, 1.807) is 0 Å². The monoisotopic (exact) mass is 257 g/mol.